The fourth-order valence-electron chi connectivity index (χ4n) is 1.18. The molecule has 0 amide bonds. The van der Waals surface area contributed by atoms with Crippen molar-refractivity contribution in [3.05, 3.63) is 11.6 Å². The van der Waals surface area contributed by atoms with Crippen LogP contribution in [-0.4, -0.2) is 20.9 Å². The molecule has 0 unspecified atom stereocenters. The number of nitrogens with two attached hydrogens (primary N) is 1. The highest BCUT2D eigenvalue weighted by Gasteiger charge is 2.62. The maximum absolute atomic E-state index is 13.0. The second-order valence-corrected chi connectivity index (χ2v) is 2.96. The van der Waals surface area contributed by atoms with Crippen molar-refractivity contribution in [1.82, 2.24) is 14.8 Å². The molecule has 0 atom stereocenters. The van der Waals surface area contributed by atoms with Crippen LogP contribution in [0.1, 0.15) is 18.6 Å². The zero-order valence-electron chi connectivity index (χ0n) is 8.22. The topological polar surface area (TPSA) is 56.7 Å². The van der Waals surface area contributed by atoms with Crippen LogP contribution in [0.3, 0.4) is 0 Å². The summed E-state index contributed by atoms with van der Waals surface area (Å²) in [5, 5.41) is 6.05. The number of nitrogens with zero attached hydrogens (tertiary/aromatic N) is 3. The van der Waals surface area contributed by atoms with Crippen molar-refractivity contribution in [3.63, 3.8) is 0 Å². The van der Waals surface area contributed by atoms with E-state index in [1.807, 2.05) is 0 Å². The molecule has 0 aliphatic heterocycles. The van der Waals surface area contributed by atoms with Gasteiger partial charge in [-0.15, -0.1) is 10.2 Å². The van der Waals surface area contributed by atoms with Gasteiger partial charge >= 0.3 is 12.1 Å². The van der Waals surface area contributed by atoms with E-state index in [1.54, 1.807) is 0 Å². The molecular weight excluding hydrogens is 235 g/mol. The molecule has 0 aliphatic rings. The van der Waals surface area contributed by atoms with Crippen LogP contribution in [-0.2, 0) is 19.0 Å². The first kappa shape index (κ1) is 12.8. The maximum atomic E-state index is 13.0. The Hall–Kier alpha value is -1.25. The highest BCUT2D eigenvalue weighted by Crippen LogP contribution is 2.43. The second kappa shape index (κ2) is 3.96. The van der Waals surface area contributed by atoms with Crippen molar-refractivity contribution in [3.8, 4) is 0 Å². The van der Waals surface area contributed by atoms with E-state index >= 15 is 0 Å². The van der Waals surface area contributed by atoms with Gasteiger partial charge in [0, 0.05) is 6.54 Å². The Labute approximate surface area is 87.3 Å². The molecule has 0 aromatic carbocycles. The fourth-order valence-corrected chi connectivity index (χ4v) is 1.18. The molecule has 0 bridgehead atoms. The predicted octanol–water partition coefficient (Wildman–Crippen LogP) is 1.41. The Bertz CT molecular complexity index is 369. The van der Waals surface area contributed by atoms with Crippen LogP contribution >= 0.6 is 0 Å². The molecule has 0 saturated heterocycles. The number of rotatable bonds is 3. The Balaban J connectivity index is 3.28. The molecule has 1 heterocycles. The summed E-state index contributed by atoms with van der Waals surface area (Å²) in [6.07, 6.45) is -5.70. The summed E-state index contributed by atoms with van der Waals surface area (Å²) in [6, 6.07) is 0. The van der Waals surface area contributed by atoms with Crippen LogP contribution in [0.15, 0.2) is 0 Å². The van der Waals surface area contributed by atoms with E-state index in [0.717, 1.165) is 0 Å². The van der Waals surface area contributed by atoms with Gasteiger partial charge in [-0.1, -0.05) is 0 Å². The lowest BCUT2D eigenvalue weighted by molar-refractivity contribution is -0.293. The zero-order chi connectivity index (χ0) is 12.6. The Kier molecular flexibility index (Phi) is 3.17. The molecule has 1 aromatic heterocycles. The van der Waals surface area contributed by atoms with Gasteiger partial charge in [-0.3, -0.25) is 0 Å². The molecule has 0 radical (unpaired) electrons. The maximum Gasteiger partial charge on any atom is 0.461 e. The van der Waals surface area contributed by atoms with Crippen molar-refractivity contribution >= 4 is 0 Å². The van der Waals surface area contributed by atoms with Gasteiger partial charge in [-0.25, -0.2) is 0 Å². The van der Waals surface area contributed by atoms with E-state index in [9.17, 15) is 22.0 Å². The SMILES string of the molecule is CCn1c(CN)nnc1C(F)(F)C(F)(F)F. The monoisotopic (exact) mass is 244 g/mol. The number of aromatic nitrogens is 3. The van der Waals surface area contributed by atoms with Crippen LogP contribution in [0.25, 0.3) is 0 Å². The van der Waals surface area contributed by atoms with Crippen LogP contribution in [0.2, 0.25) is 0 Å². The van der Waals surface area contributed by atoms with Crippen molar-refractivity contribution in [2.45, 2.75) is 32.1 Å². The quantitative estimate of drug-likeness (QED) is 0.818. The molecule has 1 aromatic rings. The van der Waals surface area contributed by atoms with Gasteiger partial charge in [0.15, 0.2) is 0 Å². The van der Waals surface area contributed by atoms with Crippen LogP contribution < -0.4 is 5.73 Å². The smallest absolute Gasteiger partial charge is 0.324 e. The lowest BCUT2D eigenvalue weighted by Crippen LogP contribution is -2.36. The lowest BCUT2D eigenvalue weighted by Gasteiger charge is -2.19. The van der Waals surface area contributed by atoms with Gasteiger partial charge in [0.2, 0.25) is 5.82 Å². The van der Waals surface area contributed by atoms with E-state index in [4.69, 9.17) is 5.73 Å². The summed E-state index contributed by atoms with van der Waals surface area (Å²) in [5.41, 5.74) is 5.14. The first-order chi connectivity index (χ1) is 7.25. The first-order valence-electron chi connectivity index (χ1n) is 4.32. The van der Waals surface area contributed by atoms with Crippen LogP contribution in [0, 0.1) is 0 Å². The minimum atomic E-state index is -5.70. The van der Waals surface area contributed by atoms with Gasteiger partial charge in [0.05, 0.1) is 6.54 Å². The number of alkyl halides is 5. The molecule has 0 aliphatic carbocycles. The molecule has 92 valence electrons. The third-order valence-corrected chi connectivity index (χ3v) is 1.96. The van der Waals surface area contributed by atoms with Gasteiger partial charge in [-0.05, 0) is 6.92 Å². The van der Waals surface area contributed by atoms with Crippen LogP contribution in [0.4, 0.5) is 22.0 Å². The van der Waals surface area contributed by atoms with Crippen LogP contribution in [0.5, 0.6) is 0 Å². The Morgan fingerprint density at radius 1 is 1.19 bits per heavy atom. The van der Waals surface area contributed by atoms with Crippen molar-refractivity contribution in [2.75, 3.05) is 0 Å². The summed E-state index contributed by atoms with van der Waals surface area (Å²) in [4.78, 5) is 0. The van der Waals surface area contributed by atoms with E-state index in [1.165, 1.54) is 6.92 Å². The number of halogens is 5. The van der Waals surface area contributed by atoms with E-state index in [2.05, 4.69) is 10.2 Å². The largest absolute Gasteiger partial charge is 0.461 e. The summed E-state index contributed by atoms with van der Waals surface area (Å²) in [6.45, 7) is 1.04. The predicted molar refractivity (Wildman–Crippen MR) is 43.5 cm³/mol. The standard InChI is InChI=1S/C7H9F5N4/c1-2-16-4(3-13)14-15-5(16)6(8,9)7(10,11)12/h2-3,13H2,1H3. The number of hydrogen-bond acceptors (Lipinski definition) is 3. The van der Waals surface area contributed by atoms with Crippen molar-refractivity contribution in [1.29, 1.82) is 0 Å². The fraction of sp³-hybridized carbons (Fsp3) is 0.714. The molecule has 0 fully saturated rings. The van der Waals surface area contributed by atoms with Gasteiger partial charge in [-0.2, -0.15) is 22.0 Å². The van der Waals surface area contributed by atoms with E-state index in [-0.39, 0.29) is 18.9 Å². The first-order valence-corrected chi connectivity index (χ1v) is 4.32. The zero-order valence-corrected chi connectivity index (χ0v) is 8.22. The van der Waals surface area contributed by atoms with E-state index < -0.39 is 17.9 Å². The molecule has 2 N–H and O–H groups in total. The van der Waals surface area contributed by atoms with Gasteiger partial charge in [0.25, 0.3) is 0 Å². The molecule has 9 heteroatoms. The molecule has 16 heavy (non-hydrogen) atoms. The molecule has 0 spiro atoms. The lowest BCUT2D eigenvalue weighted by atomic mass is 10.3. The summed E-state index contributed by atoms with van der Waals surface area (Å²) >= 11 is 0. The summed E-state index contributed by atoms with van der Waals surface area (Å²) in [5.74, 6) is -6.56. The molecule has 1 rings (SSSR count). The Morgan fingerprint density at radius 2 is 1.75 bits per heavy atom. The Morgan fingerprint density at radius 3 is 2.12 bits per heavy atom. The molecular formula is C7H9F5N4. The normalized spacial score (nSPS) is 13.2. The second-order valence-electron chi connectivity index (χ2n) is 2.96. The third kappa shape index (κ3) is 1.86. The minimum Gasteiger partial charge on any atom is -0.324 e. The van der Waals surface area contributed by atoms with E-state index in [0.29, 0.717) is 4.57 Å². The van der Waals surface area contributed by atoms with Crippen molar-refractivity contribution in [2.24, 2.45) is 5.73 Å². The van der Waals surface area contributed by atoms with Gasteiger partial charge in [0.1, 0.15) is 5.82 Å². The number of hydrogen-bond donors (Lipinski definition) is 1. The average molecular weight is 244 g/mol. The molecule has 0 saturated carbocycles. The molecule has 4 nitrogen and oxygen atoms in total. The minimum absolute atomic E-state index is 0.110. The average Bonchev–Trinajstić information content (AvgIpc) is 2.58. The van der Waals surface area contributed by atoms with Crippen molar-refractivity contribution < 1.29 is 22.0 Å². The summed E-state index contributed by atoms with van der Waals surface area (Å²) in [7, 11) is 0. The highest BCUT2D eigenvalue weighted by atomic mass is 19.4. The highest BCUT2D eigenvalue weighted by molar-refractivity contribution is 5.05. The summed E-state index contributed by atoms with van der Waals surface area (Å²) < 4.78 is 62.9. The third-order valence-electron chi connectivity index (χ3n) is 1.96. The van der Waals surface area contributed by atoms with Gasteiger partial charge < -0.3 is 10.3 Å².